The highest BCUT2D eigenvalue weighted by Gasteiger charge is 2.32. The molecule has 186 valence electrons. The van der Waals surface area contributed by atoms with Gasteiger partial charge >= 0.3 is 12.1 Å². The van der Waals surface area contributed by atoms with Gasteiger partial charge in [0, 0.05) is 12.0 Å². The van der Waals surface area contributed by atoms with Crippen molar-refractivity contribution in [3.05, 3.63) is 59.7 Å². The summed E-state index contributed by atoms with van der Waals surface area (Å²) in [5.41, 5.74) is 4.11. The molecule has 7 nitrogen and oxygen atoms in total. The molecule has 0 radical (unpaired) electrons. The molecule has 2 aromatic rings. The average molecular weight is 487 g/mol. The molecule has 1 saturated carbocycles. The van der Waals surface area contributed by atoms with Crippen LogP contribution in [0.15, 0.2) is 48.5 Å². The van der Waals surface area contributed by atoms with Crippen LogP contribution in [0.1, 0.15) is 49.1 Å². The normalized spacial score (nSPS) is 20.0. The van der Waals surface area contributed by atoms with Gasteiger partial charge in [-0.2, -0.15) is 0 Å². The number of ether oxygens (including phenoxy) is 1. The number of rotatable bonds is 8. The molecule has 9 heteroatoms. The summed E-state index contributed by atoms with van der Waals surface area (Å²) in [6, 6.07) is 13.6. The molecular formula is C26H28F2N2O5. The summed E-state index contributed by atoms with van der Waals surface area (Å²) in [4.78, 5) is 35.7. The van der Waals surface area contributed by atoms with E-state index in [9.17, 15) is 23.2 Å². The van der Waals surface area contributed by atoms with Gasteiger partial charge < -0.3 is 20.5 Å². The Kier molecular flexibility index (Phi) is 7.63. The van der Waals surface area contributed by atoms with Gasteiger partial charge in [0.2, 0.25) is 5.91 Å². The Hall–Kier alpha value is -3.49. The summed E-state index contributed by atoms with van der Waals surface area (Å²) in [5, 5.41) is 13.9. The van der Waals surface area contributed by atoms with Gasteiger partial charge in [-0.25, -0.2) is 13.6 Å². The fourth-order valence-electron chi connectivity index (χ4n) is 4.97. The third-order valence-electron chi connectivity index (χ3n) is 6.80. The quantitative estimate of drug-likeness (QED) is 0.516. The minimum atomic E-state index is -2.95. The molecule has 1 atom stereocenters. The summed E-state index contributed by atoms with van der Waals surface area (Å²) in [6.07, 6.45) is -2.76. The number of nitrogens with one attached hydrogen (secondary N) is 2. The summed E-state index contributed by atoms with van der Waals surface area (Å²) in [5.74, 6) is -2.12. The smallest absolute Gasteiger partial charge is 0.407 e. The first-order chi connectivity index (χ1) is 16.8. The molecule has 0 heterocycles. The Morgan fingerprint density at radius 2 is 1.51 bits per heavy atom. The van der Waals surface area contributed by atoms with E-state index >= 15 is 0 Å². The number of carbonyl (C=O) groups excluding carboxylic acids is 2. The van der Waals surface area contributed by atoms with E-state index in [0.29, 0.717) is 25.7 Å². The largest absolute Gasteiger partial charge is 0.481 e. The van der Waals surface area contributed by atoms with Crippen molar-refractivity contribution in [3.63, 3.8) is 0 Å². The maximum Gasteiger partial charge on any atom is 0.407 e. The highest BCUT2D eigenvalue weighted by atomic mass is 19.3. The third-order valence-corrected chi connectivity index (χ3v) is 6.80. The van der Waals surface area contributed by atoms with Crippen LogP contribution in [0, 0.1) is 5.92 Å². The zero-order chi connectivity index (χ0) is 24.9. The van der Waals surface area contributed by atoms with Crippen LogP contribution in [0.3, 0.4) is 0 Å². The molecule has 2 aliphatic carbocycles. The first-order valence-corrected chi connectivity index (χ1v) is 11.7. The summed E-state index contributed by atoms with van der Waals surface area (Å²) in [7, 11) is 0. The van der Waals surface area contributed by atoms with E-state index in [0.717, 1.165) is 22.3 Å². The van der Waals surface area contributed by atoms with Crippen molar-refractivity contribution in [2.24, 2.45) is 5.92 Å². The van der Waals surface area contributed by atoms with E-state index in [2.05, 4.69) is 10.6 Å². The first kappa shape index (κ1) is 24.6. The Bertz CT molecular complexity index is 1040. The molecule has 1 unspecified atom stereocenters. The third kappa shape index (κ3) is 5.78. The van der Waals surface area contributed by atoms with Crippen molar-refractivity contribution in [1.29, 1.82) is 0 Å². The summed E-state index contributed by atoms with van der Waals surface area (Å²) < 4.78 is 32.4. The van der Waals surface area contributed by atoms with Crippen molar-refractivity contribution in [2.75, 3.05) is 6.61 Å². The summed E-state index contributed by atoms with van der Waals surface area (Å²) >= 11 is 0. The van der Waals surface area contributed by atoms with Crippen LogP contribution in [0.25, 0.3) is 11.1 Å². The van der Waals surface area contributed by atoms with Crippen molar-refractivity contribution >= 4 is 18.0 Å². The highest BCUT2D eigenvalue weighted by Crippen LogP contribution is 2.44. The lowest BCUT2D eigenvalue weighted by Gasteiger charge is -2.27. The van der Waals surface area contributed by atoms with Gasteiger partial charge in [0.05, 0.1) is 12.3 Å². The molecule has 2 aliphatic rings. The predicted octanol–water partition coefficient (Wildman–Crippen LogP) is 4.31. The molecule has 0 aromatic heterocycles. The number of carboxylic acids is 1. The van der Waals surface area contributed by atoms with Gasteiger partial charge in [-0.15, -0.1) is 0 Å². The van der Waals surface area contributed by atoms with Crippen LogP contribution in [-0.4, -0.2) is 48.2 Å². The van der Waals surface area contributed by atoms with Gasteiger partial charge in [-0.05, 0) is 47.9 Å². The van der Waals surface area contributed by atoms with Crippen molar-refractivity contribution < 1.29 is 33.0 Å². The number of hydrogen-bond acceptors (Lipinski definition) is 4. The molecule has 3 N–H and O–H groups in total. The Morgan fingerprint density at radius 3 is 2.06 bits per heavy atom. The minimum Gasteiger partial charge on any atom is -0.481 e. The number of halogens is 2. The standard InChI is InChI=1S/C26H28F2N2O5/c27-24(28)22(13-23(31)29-16-11-9-15(10-12-16)25(32)33)30-26(34)35-14-21-19-7-3-1-5-17(19)18-6-2-4-8-20(18)21/h1-8,15-16,21-22,24H,9-14H2,(H,29,31)(H,30,34)(H,32,33). The Labute approximate surface area is 201 Å². The molecule has 2 aromatic carbocycles. The molecule has 1 fully saturated rings. The number of fused-ring (bicyclic) bond motifs is 3. The number of alkyl carbamates (subject to hydrolysis) is 1. The second kappa shape index (κ2) is 10.8. The molecule has 0 spiro atoms. The number of alkyl halides is 2. The van der Waals surface area contributed by atoms with E-state index in [-0.39, 0.29) is 18.6 Å². The van der Waals surface area contributed by atoms with Crippen molar-refractivity contribution in [1.82, 2.24) is 10.6 Å². The van der Waals surface area contributed by atoms with Gasteiger partial charge in [0.25, 0.3) is 6.43 Å². The fraction of sp³-hybridized carbons (Fsp3) is 0.423. The molecule has 0 saturated heterocycles. The average Bonchev–Trinajstić information content (AvgIpc) is 3.16. The Morgan fingerprint density at radius 1 is 0.943 bits per heavy atom. The van der Waals surface area contributed by atoms with Crippen LogP contribution in [0.4, 0.5) is 13.6 Å². The van der Waals surface area contributed by atoms with Crippen LogP contribution >= 0.6 is 0 Å². The first-order valence-electron chi connectivity index (χ1n) is 11.7. The van der Waals surface area contributed by atoms with Crippen molar-refractivity contribution in [3.8, 4) is 11.1 Å². The van der Waals surface area contributed by atoms with E-state index in [1.165, 1.54) is 0 Å². The van der Waals surface area contributed by atoms with E-state index < -0.39 is 42.8 Å². The second-order valence-electron chi connectivity index (χ2n) is 9.07. The second-order valence-corrected chi connectivity index (χ2v) is 9.07. The highest BCUT2D eigenvalue weighted by molar-refractivity contribution is 5.80. The molecule has 0 bridgehead atoms. The molecule has 0 aliphatic heterocycles. The minimum absolute atomic E-state index is 0.0190. The lowest BCUT2D eigenvalue weighted by molar-refractivity contribution is -0.142. The number of hydrogen-bond donors (Lipinski definition) is 3. The number of benzene rings is 2. The monoisotopic (exact) mass is 486 g/mol. The summed E-state index contributed by atoms with van der Waals surface area (Å²) in [6.45, 7) is -0.0190. The van der Waals surface area contributed by atoms with Crippen molar-refractivity contribution in [2.45, 2.75) is 56.5 Å². The number of carboxylic acid groups (broad SMARTS) is 1. The van der Waals surface area contributed by atoms with Crippen LogP contribution in [0.5, 0.6) is 0 Å². The maximum atomic E-state index is 13.6. The number of aliphatic carboxylic acids is 1. The van der Waals surface area contributed by atoms with E-state index in [1.807, 2.05) is 48.5 Å². The molecule has 35 heavy (non-hydrogen) atoms. The van der Waals surface area contributed by atoms with Crippen LogP contribution in [-0.2, 0) is 14.3 Å². The fourth-order valence-corrected chi connectivity index (χ4v) is 4.97. The Balaban J connectivity index is 1.29. The zero-order valence-corrected chi connectivity index (χ0v) is 19.1. The van der Waals surface area contributed by atoms with Gasteiger partial charge in [-0.3, -0.25) is 9.59 Å². The van der Waals surface area contributed by atoms with E-state index in [1.54, 1.807) is 0 Å². The number of carbonyl (C=O) groups is 3. The van der Waals surface area contributed by atoms with Crippen LogP contribution in [0.2, 0.25) is 0 Å². The maximum absolute atomic E-state index is 13.6. The van der Waals surface area contributed by atoms with E-state index in [4.69, 9.17) is 9.84 Å². The topological polar surface area (TPSA) is 105 Å². The van der Waals surface area contributed by atoms with Gasteiger partial charge in [0.1, 0.15) is 12.6 Å². The molecule has 2 amide bonds. The lowest BCUT2D eigenvalue weighted by atomic mass is 9.86. The van der Waals surface area contributed by atoms with Crippen LogP contribution < -0.4 is 10.6 Å². The van der Waals surface area contributed by atoms with Gasteiger partial charge in [0.15, 0.2) is 0 Å². The zero-order valence-electron chi connectivity index (χ0n) is 19.1. The SMILES string of the molecule is O=C(CC(NC(=O)OCC1c2ccccc2-c2ccccc21)C(F)F)NC1CCC(C(=O)O)CC1. The molecular weight excluding hydrogens is 458 g/mol. The predicted molar refractivity (Wildman–Crippen MR) is 124 cm³/mol. The number of amides is 2. The molecule has 4 rings (SSSR count). The lowest BCUT2D eigenvalue weighted by Crippen LogP contribution is -2.46. The van der Waals surface area contributed by atoms with Gasteiger partial charge in [-0.1, -0.05) is 48.5 Å².